The lowest BCUT2D eigenvalue weighted by atomic mass is 9.90. The van der Waals surface area contributed by atoms with Crippen molar-refractivity contribution < 1.29 is 8.83 Å². The first kappa shape index (κ1) is 26.2. The minimum absolute atomic E-state index is 0.809. The second kappa shape index (κ2) is 10.2. The molecule has 0 fully saturated rings. The summed E-state index contributed by atoms with van der Waals surface area (Å²) in [4.78, 5) is 2.48. The third kappa shape index (κ3) is 4.20. The zero-order chi connectivity index (χ0) is 30.9. The number of hydrogen-bond acceptors (Lipinski definition) is 3. The highest BCUT2D eigenvalue weighted by Crippen LogP contribution is 2.42. The Kier molecular flexibility index (Phi) is 5.70. The first-order valence-corrected chi connectivity index (χ1v) is 16.2. The van der Waals surface area contributed by atoms with Crippen LogP contribution in [0.15, 0.2) is 160 Å². The summed E-state index contributed by atoms with van der Waals surface area (Å²) in [6.45, 7) is 1.63. The summed E-state index contributed by atoms with van der Waals surface area (Å²) in [5.74, 6) is 0. The molecule has 0 radical (unpaired) electrons. The van der Waals surface area contributed by atoms with Gasteiger partial charge in [-0.3, -0.25) is 0 Å². The minimum atomic E-state index is 0.809. The molecule has 222 valence electrons. The van der Waals surface area contributed by atoms with Gasteiger partial charge in [-0.05, 0) is 87.5 Å². The molecule has 3 nitrogen and oxygen atoms in total. The molecule has 3 heterocycles. The molecule has 0 bridgehead atoms. The van der Waals surface area contributed by atoms with Gasteiger partial charge in [-0.25, -0.2) is 0 Å². The van der Waals surface area contributed by atoms with Crippen molar-refractivity contribution in [2.45, 2.75) is 13.1 Å². The summed E-state index contributed by atoms with van der Waals surface area (Å²) >= 11 is 0. The summed E-state index contributed by atoms with van der Waals surface area (Å²) in [7, 11) is 0. The molecule has 9 aromatic rings. The SMILES string of the molecule is c1ccc(N2Cc3cc(-c4ccc5c(c4)oc4ccccc45)ccc3-c3cc(-c4cccc5c4oc4ccccc45)ccc3C2)cc1. The molecule has 1 aliphatic rings. The number of rotatable bonds is 3. The van der Waals surface area contributed by atoms with Gasteiger partial charge in [-0.2, -0.15) is 0 Å². The van der Waals surface area contributed by atoms with Crippen LogP contribution in [-0.4, -0.2) is 0 Å². The lowest BCUT2D eigenvalue weighted by molar-refractivity contribution is 0.669. The van der Waals surface area contributed by atoms with Gasteiger partial charge in [-0.1, -0.05) is 103 Å². The van der Waals surface area contributed by atoms with Crippen molar-refractivity contribution in [1.29, 1.82) is 0 Å². The van der Waals surface area contributed by atoms with Crippen LogP contribution in [0.5, 0.6) is 0 Å². The van der Waals surface area contributed by atoms with Gasteiger partial charge in [0.1, 0.15) is 22.3 Å². The maximum Gasteiger partial charge on any atom is 0.143 e. The maximum absolute atomic E-state index is 6.45. The normalized spacial score (nSPS) is 12.9. The molecule has 0 atom stereocenters. The Morgan fingerprint density at radius 3 is 1.91 bits per heavy atom. The Morgan fingerprint density at radius 1 is 0.383 bits per heavy atom. The van der Waals surface area contributed by atoms with Crippen molar-refractivity contribution in [3.8, 4) is 33.4 Å². The third-order valence-electron chi connectivity index (χ3n) is 9.78. The largest absolute Gasteiger partial charge is 0.456 e. The highest BCUT2D eigenvalue weighted by molar-refractivity contribution is 6.10. The number of hydrogen-bond donors (Lipinski definition) is 0. The van der Waals surface area contributed by atoms with Gasteiger partial charge in [0.2, 0.25) is 0 Å². The Bertz CT molecular complexity index is 2640. The predicted octanol–water partition coefficient (Wildman–Crippen LogP) is 12.0. The van der Waals surface area contributed by atoms with Gasteiger partial charge in [-0.15, -0.1) is 0 Å². The molecule has 1 aliphatic heterocycles. The summed E-state index contributed by atoms with van der Waals surface area (Å²) < 4.78 is 12.7. The summed E-state index contributed by atoms with van der Waals surface area (Å²) in [5.41, 5.74) is 14.7. The molecule has 0 aliphatic carbocycles. The second-order valence-corrected chi connectivity index (χ2v) is 12.5. The average Bonchev–Trinajstić information content (AvgIpc) is 3.65. The number of benzene rings is 7. The molecule has 0 saturated carbocycles. The van der Waals surface area contributed by atoms with Crippen LogP contribution in [0.3, 0.4) is 0 Å². The van der Waals surface area contributed by atoms with Crippen molar-refractivity contribution in [3.63, 3.8) is 0 Å². The third-order valence-corrected chi connectivity index (χ3v) is 9.78. The standard InChI is InChI=1S/C44H29NO2/c1-2-9-33(10-3-1)45-26-31-18-17-30(35-13-8-14-39-37-12-5-7-16-42(37)47-44(35)39)24-40(31)34-21-19-28(23-32(34)27-45)29-20-22-38-36-11-4-6-15-41(36)46-43(38)25-29/h1-25H,26-27H2. The van der Waals surface area contributed by atoms with Gasteiger partial charge in [0, 0.05) is 45.9 Å². The Balaban J connectivity index is 1.13. The number of fused-ring (bicyclic) bond motifs is 9. The van der Waals surface area contributed by atoms with Crippen molar-refractivity contribution in [2.75, 3.05) is 4.90 Å². The van der Waals surface area contributed by atoms with E-state index in [1.807, 2.05) is 24.3 Å². The van der Waals surface area contributed by atoms with Gasteiger partial charge in [0.15, 0.2) is 0 Å². The van der Waals surface area contributed by atoms with Crippen molar-refractivity contribution >= 4 is 49.6 Å². The lowest BCUT2D eigenvalue weighted by Gasteiger charge is -2.24. The van der Waals surface area contributed by atoms with Gasteiger partial charge in [0.25, 0.3) is 0 Å². The van der Waals surface area contributed by atoms with E-state index in [2.05, 4.69) is 132 Å². The van der Waals surface area contributed by atoms with E-state index in [1.54, 1.807) is 0 Å². The first-order valence-electron chi connectivity index (χ1n) is 16.2. The van der Waals surface area contributed by atoms with Crippen LogP contribution < -0.4 is 4.90 Å². The monoisotopic (exact) mass is 603 g/mol. The van der Waals surface area contributed by atoms with Crippen LogP contribution in [0, 0.1) is 0 Å². The van der Waals surface area contributed by atoms with Crippen LogP contribution in [0.4, 0.5) is 5.69 Å². The molecule has 7 aromatic carbocycles. The van der Waals surface area contributed by atoms with E-state index in [4.69, 9.17) is 8.83 Å². The smallest absolute Gasteiger partial charge is 0.143 e. The molecular formula is C44H29NO2. The Labute approximate surface area is 271 Å². The molecule has 3 heteroatoms. The van der Waals surface area contributed by atoms with E-state index < -0.39 is 0 Å². The number of para-hydroxylation sites is 4. The molecule has 0 spiro atoms. The van der Waals surface area contributed by atoms with Crippen molar-refractivity contribution in [1.82, 2.24) is 0 Å². The van der Waals surface area contributed by atoms with Crippen LogP contribution in [-0.2, 0) is 13.1 Å². The van der Waals surface area contributed by atoms with E-state index in [0.717, 1.165) is 73.7 Å². The summed E-state index contributed by atoms with van der Waals surface area (Å²) in [6, 6.07) is 54.2. The quantitative estimate of drug-likeness (QED) is 0.201. The van der Waals surface area contributed by atoms with Crippen LogP contribution in [0.2, 0.25) is 0 Å². The highest BCUT2D eigenvalue weighted by atomic mass is 16.3. The van der Waals surface area contributed by atoms with Crippen molar-refractivity contribution in [2.24, 2.45) is 0 Å². The number of anilines is 1. The van der Waals surface area contributed by atoms with E-state index in [1.165, 1.54) is 33.5 Å². The fourth-order valence-electron chi connectivity index (χ4n) is 7.47. The lowest BCUT2D eigenvalue weighted by Crippen LogP contribution is -2.20. The minimum Gasteiger partial charge on any atom is -0.456 e. The highest BCUT2D eigenvalue weighted by Gasteiger charge is 2.22. The van der Waals surface area contributed by atoms with Crippen LogP contribution in [0.1, 0.15) is 11.1 Å². The molecule has 0 unspecified atom stereocenters. The molecular weight excluding hydrogens is 574 g/mol. The maximum atomic E-state index is 6.45. The average molecular weight is 604 g/mol. The molecule has 47 heavy (non-hydrogen) atoms. The van der Waals surface area contributed by atoms with E-state index >= 15 is 0 Å². The number of nitrogens with zero attached hydrogens (tertiary/aromatic N) is 1. The summed E-state index contributed by atoms with van der Waals surface area (Å²) in [5, 5.41) is 4.60. The molecule has 0 amide bonds. The van der Waals surface area contributed by atoms with Gasteiger partial charge in [0.05, 0.1) is 0 Å². The second-order valence-electron chi connectivity index (χ2n) is 12.5. The zero-order valence-corrected chi connectivity index (χ0v) is 25.6. The van der Waals surface area contributed by atoms with E-state index in [9.17, 15) is 0 Å². The Hall–Kier alpha value is -6.06. The molecule has 2 aromatic heterocycles. The van der Waals surface area contributed by atoms with Gasteiger partial charge < -0.3 is 13.7 Å². The van der Waals surface area contributed by atoms with E-state index in [-0.39, 0.29) is 0 Å². The molecule has 0 saturated heterocycles. The van der Waals surface area contributed by atoms with E-state index in [0.29, 0.717) is 0 Å². The fraction of sp³-hybridized carbons (Fsp3) is 0.0455. The Morgan fingerprint density at radius 2 is 1.04 bits per heavy atom. The van der Waals surface area contributed by atoms with Crippen molar-refractivity contribution in [3.05, 3.63) is 163 Å². The molecule has 0 N–H and O–H groups in total. The van der Waals surface area contributed by atoms with Gasteiger partial charge >= 0.3 is 0 Å². The predicted molar refractivity (Wildman–Crippen MR) is 194 cm³/mol. The molecule has 10 rings (SSSR count). The van der Waals surface area contributed by atoms with Crippen LogP contribution >= 0.6 is 0 Å². The number of furan rings is 2. The fourth-order valence-corrected chi connectivity index (χ4v) is 7.47. The summed E-state index contributed by atoms with van der Waals surface area (Å²) in [6.07, 6.45) is 0. The first-order chi connectivity index (χ1) is 23.3. The zero-order valence-electron chi connectivity index (χ0n) is 25.6. The van der Waals surface area contributed by atoms with Crippen LogP contribution in [0.25, 0.3) is 77.3 Å². The topological polar surface area (TPSA) is 29.5 Å².